The molecule has 4 rings (SSSR count). The molecule has 0 aliphatic heterocycles. The summed E-state index contributed by atoms with van der Waals surface area (Å²) >= 11 is 0. The third-order valence-electron chi connectivity index (χ3n) is 6.08. The number of ether oxygens (including phenoxy) is 1. The number of carbonyl (C=O) groups is 3. The Morgan fingerprint density at radius 2 is 1.19 bits per heavy atom. The lowest BCUT2D eigenvalue weighted by molar-refractivity contribution is -0.386. The number of hydrogen-bond donors (Lipinski definition) is 2. The maximum atomic E-state index is 12.7. The first-order valence-electron chi connectivity index (χ1n) is 12.2. The van der Waals surface area contributed by atoms with Crippen molar-refractivity contribution >= 4 is 29.3 Å². The maximum Gasteiger partial charge on any atom is 0.351 e. The number of nitro benzene ring substituents is 2. The van der Waals surface area contributed by atoms with E-state index >= 15 is 0 Å². The van der Waals surface area contributed by atoms with E-state index in [0.717, 1.165) is 29.3 Å². The van der Waals surface area contributed by atoms with Gasteiger partial charge in [0.1, 0.15) is 12.4 Å². The lowest BCUT2D eigenvalue weighted by Gasteiger charge is -2.09. The van der Waals surface area contributed by atoms with E-state index < -0.39 is 56.9 Å². The van der Waals surface area contributed by atoms with Crippen molar-refractivity contribution in [2.45, 2.75) is 13.0 Å². The highest BCUT2D eigenvalue weighted by atomic mass is 17.2. The predicted molar refractivity (Wildman–Crippen MR) is 146 cm³/mol. The van der Waals surface area contributed by atoms with Gasteiger partial charge in [-0.3, -0.25) is 20.2 Å². The molecule has 4 aromatic rings. The summed E-state index contributed by atoms with van der Waals surface area (Å²) in [5, 5.41) is 41.2. The molecule has 218 valence electrons. The summed E-state index contributed by atoms with van der Waals surface area (Å²) in [5.41, 5.74) is -1.10. The van der Waals surface area contributed by atoms with E-state index in [2.05, 4.69) is 0 Å². The van der Waals surface area contributed by atoms with Crippen molar-refractivity contribution in [3.8, 4) is 11.5 Å². The monoisotopic (exact) mass is 588 g/mol. The lowest BCUT2D eigenvalue weighted by Crippen LogP contribution is -2.16. The molecule has 0 bridgehead atoms. The molecule has 0 heterocycles. The standard InChI is InChI=1S/C29H20N2O12/c32-27(33)21-3-1-5-24(30(37)38)23(21)16-41-43-20-13-9-18(10-14-20)15-17-7-11-19(12-8-17)42-29(36)26-22(28(34)35)4-2-6-25(26)31(39)40/h1-14H,15-16H2,(H,32,33)(H,34,35). The number of nitro groups is 2. The lowest BCUT2D eigenvalue weighted by atomic mass is 10.0. The second-order valence-corrected chi connectivity index (χ2v) is 8.83. The zero-order valence-electron chi connectivity index (χ0n) is 21.9. The van der Waals surface area contributed by atoms with Crippen LogP contribution in [0.25, 0.3) is 0 Å². The molecule has 0 fully saturated rings. The Balaban J connectivity index is 1.37. The average molecular weight is 588 g/mol. The maximum absolute atomic E-state index is 12.7. The van der Waals surface area contributed by atoms with E-state index in [1.807, 2.05) is 0 Å². The SMILES string of the molecule is O=C(O)c1cccc([N+](=O)[O-])c1COOc1ccc(Cc2ccc(OC(=O)c3c(C(=O)O)cccc3[N+](=O)[O-])cc2)cc1. The summed E-state index contributed by atoms with van der Waals surface area (Å²) in [6, 6.07) is 19.7. The number of carboxylic acid groups (broad SMARTS) is 2. The molecule has 0 unspecified atom stereocenters. The van der Waals surface area contributed by atoms with Gasteiger partial charge < -0.3 is 19.8 Å². The number of carboxylic acids is 2. The van der Waals surface area contributed by atoms with Crippen LogP contribution in [0.2, 0.25) is 0 Å². The molecule has 0 spiro atoms. The van der Waals surface area contributed by atoms with Crippen molar-refractivity contribution in [2.24, 2.45) is 0 Å². The molecule has 0 aliphatic rings. The van der Waals surface area contributed by atoms with Crippen molar-refractivity contribution < 1.29 is 49.0 Å². The first-order chi connectivity index (χ1) is 20.5. The molecule has 4 aromatic carbocycles. The summed E-state index contributed by atoms with van der Waals surface area (Å²) in [6.07, 6.45) is 0.445. The van der Waals surface area contributed by atoms with E-state index in [9.17, 15) is 44.8 Å². The van der Waals surface area contributed by atoms with Gasteiger partial charge in [-0.1, -0.05) is 36.4 Å². The molecule has 0 saturated heterocycles. The van der Waals surface area contributed by atoms with Gasteiger partial charge in [0.15, 0.2) is 11.3 Å². The highest BCUT2D eigenvalue weighted by Crippen LogP contribution is 2.26. The molecule has 0 aliphatic carbocycles. The Bertz CT molecular complexity index is 1650. The van der Waals surface area contributed by atoms with Gasteiger partial charge in [-0.05, 0) is 53.9 Å². The Morgan fingerprint density at radius 3 is 1.72 bits per heavy atom. The largest absolute Gasteiger partial charge is 0.478 e. The summed E-state index contributed by atoms with van der Waals surface area (Å²) in [4.78, 5) is 66.8. The predicted octanol–water partition coefficient (Wildman–Crippen LogP) is 5.22. The highest BCUT2D eigenvalue weighted by molar-refractivity contribution is 6.06. The fourth-order valence-electron chi connectivity index (χ4n) is 4.07. The van der Waals surface area contributed by atoms with Crippen molar-refractivity contribution in [3.05, 3.63) is 139 Å². The van der Waals surface area contributed by atoms with E-state index in [0.29, 0.717) is 6.42 Å². The molecular formula is C29H20N2O12. The van der Waals surface area contributed by atoms with Crippen LogP contribution < -0.4 is 9.62 Å². The number of carbonyl (C=O) groups excluding carboxylic acids is 1. The van der Waals surface area contributed by atoms with Crippen molar-refractivity contribution in [1.82, 2.24) is 0 Å². The third kappa shape index (κ3) is 7.14. The molecule has 0 atom stereocenters. The number of aromatic carboxylic acids is 2. The smallest absolute Gasteiger partial charge is 0.351 e. The Hall–Kier alpha value is -6.15. The minimum Gasteiger partial charge on any atom is -0.478 e. The molecule has 2 N–H and O–H groups in total. The van der Waals surface area contributed by atoms with Gasteiger partial charge in [0.25, 0.3) is 11.4 Å². The van der Waals surface area contributed by atoms with E-state index in [1.54, 1.807) is 36.4 Å². The van der Waals surface area contributed by atoms with Crippen LogP contribution in [0.3, 0.4) is 0 Å². The number of esters is 1. The van der Waals surface area contributed by atoms with E-state index in [4.69, 9.17) is 14.5 Å². The van der Waals surface area contributed by atoms with Gasteiger partial charge in [0.2, 0.25) is 0 Å². The Morgan fingerprint density at radius 1 is 0.674 bits per heavy atom. The van der Waals surface area contributed by atoms with E-state index in [1.165, 1.54) is 30.3 Å². The van der Waals surface area contributed by atoms with Crippen molar-refractivity contribution in [1.29, 1.82) is 0 Å². The first-order valence-corrected chi connectivity index (χ1v) is 12.2. The van der Waals surface area contributed by atoms with Gasteiger partial charge in [0, 0.05) is 12.1 Å². The summed E-state index contributed by atoms with van der Waals surface area (Å²) in [5.74, 6) is -3.73. The Labute approximate surface area is 241 Å². The second kappa shape index (κ2) is 13.0. The molecule has 0 radical (unpaired) electrons. The topological polar surface area (TPSA) is 206 Å². The summed E-state index contributed by atoms with van der Waals surface area (Å²) < 4.78 is 5.21. The van der Waals surface area contributed by atoms with Crippen LogP contribution in [0, 0.1) is 20.2 Å². The number of hydrogen-bond acceptors (Lipinski definition) is 10. The Kier molecular flexibility index (Phi) is 9.02. The van der Waals surface area contributed by atoms with Gasteiger partial charge in [-0.15, -0.1) is 0 Å². The van der Waals surface area contributed by atoms with Crippen LogP contribution in [0.5, 0.6) is 11.5 Å². The van der Waals surface area contributed by atoms with Crippen LogP contribution in [0.4, 0.5) is 11.4 Å². The quantitative estimate of drug-likeness (QED) is 0.0718. The molecular weight excluding hydrogens is 568 g/mol. The fraction of sp³-hybridized carbons (Fsp3) is 0.0690. The van der Waals surface area contributed by atoms with Gasteiger partial charge in [-0.25, -0.2) is 14.4 Å². The van der Waals surface area contributed by atoms with Crippen LogP contribution in [-0.2, 0) is 17.9 Å². The van der Waals surface area contributed by atoms with Crippen LogP contribution in [-0.4, -0.2) is 38.0 Å². The summed E-state index contributed by atoms with van der Waals surface area (Å²) in [6.45, 7) is -0.479. The molecule has 0 saturated carbocycles. The van der Waals surface area contributed by atoms with Crippen LogP contribution in [0.15, 0.2) is 84.9 Å². The molecule has 43 heavy (non-hydrogen) atoms. The minimum atomic E-state index is -1.51. The van der Waals surface area contributed by atoms with Gasteiger partial charge in [-0.2, -0.15) is 4.89 Å². The third-order valence-corrected chi connectivity index (χ3v) is 6.08. The van der Waals surface area contributed by atoms with Crippen molar-refractivity contribution in [2.75, 3.05) is 0 Å². The zero-order valence-corrected chi connectivity index (χ0v) is 21.9. The van der Waals surface area contributed by atoms with Crippen LogP contribution in [0.1, 0.15) is 47.8 Å². The number of benzene rings is 4. The number of rotatable bonds is 12. The normalized spacial score (nSPS) is 10.5. The van der Waals surface area contributed by atoms with Crippen molar-refractivity contribution in [3.63, 3.8) is 0 Å². The highest BCUT2D eigenvalue weighted by Gasteiger charge is 2.29. The second-order valence-electron chi connectivity index (χ2n) is 8.83. The average Bonchev–Trinajstić information content (AvgIpc) is 2.98. The molecule has 14 nitrogen and oxygen atoms in total. The molecule has 0 amide bonds. The summed E-state index contributed by atoms with van der Waals surface area (Å²) in [7, 11) is 0. The van der Waals surface area contributed by atoms with Crippen LogP contribution >= 0.6 is 0 Å². The van der Waals surface area contributed by atoms with Gasteiger partial charge >= 0.3 is 17.9 Å². The zero-order chi connectivity index (χ0) is 31.1. The fourth-order valence-corrected chi connectivity index (χ4v) is 4.07. The first kappa shape index (κ1) is 29.8. The number of nitrogens with zero attached hydrogens (tertiary/aromatic N) is 2. The molecule has 0 aromatic heterocycles. The minimum absolute atomic E-state index is 0.0499. The van der Waals surface area contributed by atoms with Gasteiger partial charge in [0.05, 0.1) is 26.5 Å². The molecule has 14 heteroatoms. The van der Waals surface area contributed by atoms with E-state index in [-0.39, 0.29) is 22.6 Å².